The average molecular weight is 315 g/mol. The van der Waals surface area contributed by atoms with E-state index in [2.05, 4.69) is 5.32 Å². The molecule has 0 saturated carbocycles. The predicted molar refractivity (Wildman–Crippen MR) is 80.8 cm³/mol. The van der Waals surface area contributed by atoms with Crippen molar-refractivity contribution in [3.63, 3.8) is 0 Å². The quantitative estimate of drug-likeness (QED) is 0.454. The number of amides is 1. The Morgan fingerprint density at radius 3 is 2.76 bits per heavy atom. The lowest BCUT2D eigenvalue weighted by atomic mass is 10.2. The van der Waals surface area contributed by atoms with Gasteiger partial charge in [-0.2, -0.15) is 0 Å². The molecule has 0 bridgehead atoms. The van der Waals surface area contributed by atoms with Crippen molar-refractivity contribution in [2.24, 2.45) is 0 Å². The SMILES string of the molecule is CC(C)OCCCCNC(=O)c1cccc([N+](=O)[O-])c1Cl. The Labute approximate surface area is 128 Å². The van der Waals surface area contributed by atoms with Gasteiger partial charge < -0.3 is 10.1 Å². The van der Waals surface area contributed by atoms with E-state index in [4.69, 9.17) is 16.3 Å². The molecule has 7 heteroatoms. The highest BCUT2D eigenvalue weighted by molar-refractivity contribution is 6.35. The zero-order valence-corrected chi connectivity index (χ0v) is 12.9. The largest absolute Gasteiger partial charge is 0.379 e. The van der Waals surface area contributed by atoms with Crippen LogP contribution in [0.4, 0.5) is 5.69 Å². The van der Waals surface area contributed by atoms with Crippen molar-refractivity contribution < 1.29 is 14.5 Å². The number of benzene rings is 1. The molecule has 0 aliphatic heterocycles. The topological polar surface area (TPSA) is 81.5 Å². The van der Waals surface area contributed by atoms with Gasteiger partial charge in [0.15, 0.2) is 0 Å². The van der Waals surface area contributed by atoms with Gasteiger partial charge in [-0.1, -0.05) is 17.7 Å². The molecule has 0 aliphatic rings. The zero-order valence-electron chi connectivity index (χ0n) is 12.1. The molecule has 0 aromatic heterocycles. The van der Waals surface area contributed by atoms with Gasteiger partial charge in [0.05, 0.1) is 16.6 Å². The van der Waals surface area contributed by atoms with Crippen LogP contribution in [0.3, 0.4) is 0 Å². The highest BCUT2D eigenvalue weighted by Crippen LogP contribution is 2.27. The van der Waals surface area contributed by atoms with Crippen molar-refractivity contribution in [1.82, 2.24) is 5.32 Å². The van der Waals surface area contributed by atoms with E-state index in [0.29, 0.717) is 13.2 Å². The van der Waals surface area contributed by atoms with E-state index >= 15 is 0 Å². The van der Waals surface area contributed by atoms with Crippen LogP contribution in [0.2, 0.25) is 5.02 Å². The fourth-order valence-electron chi connectivity index (χ4n) is 1.68. The van der Waals surface area contributed by atoms with Gasteiger partial charge >= 0.3 is 0 Å². The number of nitrogens with one attached hydrogen (secondary N) is 1. The van der Waals surface area contributed by atoms with E-state index in [-0.39, 0.29) is 22.4 Å². The van der Waals surface area contributed by atoms with Gasteiger partial charge in [0.25, 0.3) is 11.6 Å². The first-order chi connectivity index (χ1) is 9.93. The van der Waals surface area contributed by atoms with Gasteiger partial charge in [0, 0.05) is 19.2 Å². The Morgan fingerprint density at radius 1 is 1.43 bits per heavy atom. The number of nitro benzene ring substituents is 1. The third kappa shape index (κ3) is 5.69. The summed E-state index contributed by atoms with van der Waals surface area (Å²) in [6.07, 6.45) is 1.80. The summed E-state index contributed by atoms with van der Waals surface area (Å²) in [5, 5.41) is 13.3. The summed E-state index contributed by atoms with van der Waals surface area (Å²) < 4.78 is 5.39. The van der Waals surface area contributed by atoms with Crippen molar-refractivity contribution in [3.05, 3.63) is 38.9 Å². The van der Waals surface area contributed by atoms with Crippen LogP contribution >= 0.6 is 11.6 Å². The molecule has 0 radical (unpaired) electrons. The first kappa shape index (κ1) is 17.4. The number of carbonyl (C=O) groups excluding carboxylic acids is 1. The van der Waals surface area contributed by atoms with Gasteiger partial charge in [-0.15, -0.1) is 0 Å². The monoisotopic (exact) mass is 314 g/mol. The second kappa shape index (κ2) is 8.59. The third-order valence-electron chi connectivity index (χ3n) is 2.73. The summed E-state index contributed by atoms with van der Waals surface area (Å²) in [4.78, 5) is 22.1. The van der Waals surface area contributed by atoms with Crippen molar-refractivity contribution in [1.29, 1.82) is 0 Å². The molecular formula is C14H19ClN2O4. The van der Waals surface area contributed by atoms with E-state index in [1.807, 2.05) is 13.8 Å². The average Bonchev–Trinajstić information content (AvgIpc) is 2.42. The fraction of sp³-hybridized carbons (Fsp3) is 0.500. The van der Waals surface area contributed by atoms with Crippen LogP contribution in [0, 0.1) is 10.1 Å². The minimum atomic E-state index is -0.609. The molecule has 1 N–H and O–H groups in total. The Kier molecular flexibility index (Phi) is 7.11. The van der Waals surface area contributed by atoms with Gasteiger partial charge in [-0.05, 0) is 32.8 Å². The first-order valence-electron chi connectivity index (χ1n) is 6.76. The van der Waals surface area contributed by atoms with Crippen LogP contribution in [0.5, 0.6) is 0 Å². The number of carbonyl (C=O) groups is 1. The third-order valence-corrected chi connectivity index (χ3v) is 3.12. The molecule has 116 valence electrons. The fourth-order valence-corrected chi connectivity index (χ4v) is 1.96. The van der Waals surface area contributed by atoms with Crippen LogP contribution < -0.4 is 5.32 Å². The highest BCUT2D eigenvalue weighted by Gasteiger charge is 2.19. The van der Waals surface area contributed by atoms with Gasteiger partial charge in [-0.25, -0.2) is 0 Å². The van der Waals surface area contributed by atoms with E-state index in [0.717, 1.165) is 12.8 Å². The number of halogens is 1. The molecular weight excluding hydrogens is 296 g/mol. The van der Waals surface area contributed by atoms with E-state index < -0.39 is 10.8 Å². The molecule has 0 saturated heterocycles. The maximum atomic E-state index is 11.9. The smallest absolute Gasteiger partial charge is 0.288 e. The maximum Gasteiger partial charge on any atom is 0.288 e. The maximum absolute atomic E-state index is 11.9. The lowest BCUT2D eigenvalue weighted by Crippen LogP contribution is -2.25. The summed E-state index contributed by atoms with van der Waals surface area (Å²) in [6.45, 7) is 5.04. The molecule has 0 unspecified atom stereocenters. The van der Waals surface area contributed by atoms with Crippen molar-refractivity contribution in [3.8, 4) is 0 Å². The van der Waals surface area contributed by atoms with Crippen molar-refractivity contribution in [2.45, 2.75) is 32.8 Å². The lowest BCUT2D eigenvalue weighted by molar-refractivity contribution is -0.384. The number of rotatable bonds is 8. The van der Waals surface area contributed by atoms with Gasteiger partial charge in [-0.3, -0.25) is 14.9 Å². The standard InChI is InChI=1S/C14H19ClN2O4/c1-10(2)21-9-4-3-8-16-14(18)11-6-5-7-12(13(11)15)17(19)20/h5-7,10H,3-4,8-9H2,1-2H3,(H,16,18). The molecule has 1 aromatic rings. The van der Waals surface area contributed by atoms with Gasteiger partial charge in [0.2, 0.25) is 0 Å². The van der Waals surface area contributed by atoms with E-state index in [9.17, 15) is 14.9 Å². The van der Waals surface area contributed by atoms with Crippen LogP contribution in [0.15, 0.2) is 18.2 Å². The molecule has 1 aromatic carbocycles. The molecule has 0 spiro atoms. The number of nitrogens with zero attached hydrogens (tertiary/aromatic N) is 1. The number of ether oxygens (including phenoxy) is 1. The molecule has 0 aliphatic carbocycles. The molecule has 0 fully saturated rings. The Balaban J connectivity index is 2.46. The summed E-state index contributed by atoms with van der Waals surface area (Å²) >= 11 is 5.87. The normalized spacial score (nSPS) is 10.7. The summed E-state index contributed by atoms with van der Waals surface area (Å²) in [5.41, 5.74) is -0.154. The minimum absolute atomic E-state index is 0.115. The second-order valence-corrected chi connectivity index (χ2v) is 5.16. The number of hydrogen-bond donors (Lipinski definition) is 1. The molecule has 0 heterocycles. The molecule has 6 nitrogen and oxygen atoms in total. The Hall–Kier alpha value is -1.66. The summed E-state index contributed by atoms with van der Waals surface area (Å²) in [5.74, 6) is -0.409. The number of unbranched alkanes of at least 4 members (excludes halogenated alkanes) is 1. The van der Waals surface area contributed by atoms with Crippen LogP contribution in [-0.4, -0.2) is 30.1 Å². The lowest BCUT2D eigenvalue weighted by Gasteiger charge is -2.08. The molecule has 21 heavy (non-hydrogen) atoms. The number of hydrogen-bond acceptors (Lipinski definition) is 4. The molecule has 0 atom stereocenters. The first-order valence-corrected chi connectivity index (χ1v) is 7.14. The van der Waals surface area contributed by atoms with E-state index in [1.165, 1.54) is 18.2 Å². The molecule has 1 rings (SSSR count). The van der Waals surface area contributed by atoms with Gasteiger partial charge in [0.1, 0.15) is 5.02 Å². The summed E-state index contributed by atoms with van der Waals surface area (Å²) in [6, 6.07) is 4.17. The second-order valence-electron chi connectivity index (χ2n) is 4.78. The Morgan fingerprint density at radius 2 is 2.14 bits per heavy atom. The van der Waals surface area contributed by atoms with Crippen LogP contribution in [-0.2, 0) is 4.74 Å². The summed E-state index contributed by atoms with van der Waals surface area (Å²) in [7, 11) is 0. The van der Waals surface area contributed by atoms with Crippen molar-refractivity contribution >= 4 is 23.2 Å². The molecule has 1 amide bonds. The minimum Gasteiger partial charge on any atom is -0.379 e. The Bertz CT molecular complexity index is 506. The zero-order chi connectivity index (χ0) is 15.8. The predicted octanol–water partition coefficient (Wildman–Crippen LogP) is 3.18. The highest BCUT2D eigenvalue weighted by atomic mass is 35.5. The van der Waals surface area contributed by atoms with Crippen LogP contribution in [0.1, 0.15) is 37.0 Å². The van der Waals surface area contributed by atoms with E-state index in [1.54, 1.807) is 0 Å². The number of nitro groups is 1. The van der Waals surface area contributed by atoms with Crippen molar-refractivity contribution in [2.75, 3.05) is 13.2 Å². The van der Waals surface area contributed by atoms with Crippen LogP contribution in [0.25, 0.3) is 0 Å².